The van der Waals surface area contributed by atoms with Crippen LogP contribution in [0, 0.1) is 11.3 Å². The second-order valence-corrected chi connectivity index (χ2v) is 9.52. The van der Waals surface area contributed by atoms with Crippen molar-refractivity contribution in [1.29, 1.82) is 5.26 Å². The van der Waals surface area contributed by atoms with Crippen LogP contribution in [0.3, 0.4) is 0 Å². The first kappa shape index (κ1) is 26.3. The molecular formula is C26H28N6O7. The summed E-state index contributed by atoms with van der Waals surface area (Å²) in [6.07, 6.45) is 2.16. The third kappa shape index (κ3) is 5.34. The number of fused-ring (bicyclic) bond motifs is 1. The fraction of sp³-hybridized carbons (Fsp3) is 0.462. The van der Waals surface area contributed by atoms with Gasteiger partial charge in [0, 0.05) is 25.3 Å². The fourth-order valence-corrected chi connectivity index (χ4v) is 4.80. The Morgan fingerprint density at radius 1 is 1.31 bits per heavy atom. The van der Waals surface area contributed by atoms with Gasteiger partial charge in [-0.1, -0.05) is 0 Å². The van der Waals surface area contributed by atoms with Crippen LogP contribution in [0.25, 0.3) is 0 Å². The molecule has 5 rings (SSSR count). The molecule has 3 aliphatic rings. The molecule has 204 valence electrons. The second kappa shape index (κ2) is 11.2. The summed E-state index contributed by atoms with van der Waals surface area (Å²) < 4.78 is 21.8. The summed E-state index contributed by atoms with van der Waals surface area (Å²) in [5.41, 5.74) is 1.75. The third-order valence-electron chi connectivity index (χ3n) is 6.97. The lowest BCUT2D eigenvalue weighted by atomic mass is 10.0. The summed E-state index contributed by atoms with van der Waals surface area (Å²) in [6.45, 7) is 3.42. The zero-order valence-corrected chi connectivity index (χ0v) is 21.6. The smallest absolute Gasteiger partial charge is 0.410 e. The highest BCUT2D eigenvalue weighted by atomic mass is 16.6. The number of anilines is 2. The highest BCUT2D eigenvalue weighted by Gasteiger charge is 2.33. The molecule has 1 N–H and O–H groups in total. The molecule has 0 saturated carbocycles. The Kier molecular flexibility index (Phi) is 7.58. The Bertz CT molecular complexity index is 1330. The molecule has 0 spiro atoms. The first-order valence-electron chi connectivity index (χ1n) is 12.6. The number of carbonyl (C=O) groups excluding carboxylic acids is 3. The van der Waals surface area contributed by atoms with Gasteiger partial charge in [0.25, 0.3) is 0 Å². The van der Waals surface area contributed by atoms with Gasteiger partial charge < -0.3 is 18.9 Å². The zero-order valence-electron chi connectivity index (χ0n) is 21.6. The van der Waals surface area contributed by atoms with Gasteiger partial charge in [-0.25, -0.2) is 19.6 Å². The molecule has 2 saturated heterocycles. The molecule has 0 radical (unpaired) electrons. The van der Waals surface area contributed by atoms with Crippen LogP contribution >= 0.6 is 0 Å². The number of ether oxygens (including phenoxy) is 4. The first-order valence-corrected chi connectivity index (χ1v) is 12.6. The van der Waals surface area contributed by atoms with Crippen LogP contribution in [0.15, 0.2) is 18.3 Å². The third-order valence-corrected chi connectivity index (χ3v) is 6.97. The van der Waals surface area contributed by atoms with E-state index in [1.54, 1.807) is 12.0 Å². The van der Waals surface area contributed by atoms with Crippen LogP contribution in [0.5, 0.6) is 5.75 Å². The molecule has 2 aromatic heterocycles. The summed E-state index contributed by atoms with van der Waals surface area (Å²) >= 11 is 0. The first-order chi connectivity index (χ1) is 18.9. The van der Waals surface area contributed by atoms with Crippen LogP contribution in [-0.2, 0) is 27.2 Å². The average Bonchev–Trinajstić information content (AvgIpc) is 3.53. The predicted molar refractivity (Wildman–Crippen MR) is 136 cm³/mol. The molecule has 2 aromatic rings. The Morgan fingerprint density at radius 2 is 2.13 bits per heavy atom. The van der Waals surface area contributed by atoms with Crippen LogP contribution < -0.4 is 15.0 Å². The van der Waals surface area contributed by atoms with E-state index < -0.39 is 18.2 Å². The molecule has 0 aromatic carbocycles. The summed E-state index contributed by atoms with van der Waals surface area (Å²) in [5.74, 6) is 0.806. The number of aromatic nitrogens is 2. The maximum absolute atomic E-state index is 13.3. The topological polar surface area (TPSA) is 156 Å². The van der Waals surface area contributed by atoms with E-state index in [0.717, 1.165) is 5.56 Å². The highest BCUT2D eigenvalue weighted by Crippen LogP contribution is 2.30. The largest absolute Gasteiger partial charge is 0.484 e. The van der Waals surface area contributed by atoms with Crippen molar-refractivity contribution in [2.45, 2.75) is 44.6 Å². The molecule has 3 atom stereocenters. The number of carbonyl (C=O) groups is 3. The second-order valence-electron chi connectivity index (χ2n) is 9.52. The Morgan fingerprint density at radius 3 is 2.85 bits per heavy atom. The minimum absolute atomic E-state index is 0.120. The van der Waals surface area contributed by atoms with Crippen molar-refractivity contribution in [2.24, 2.45) is 0 Å². The van der Waals surface area contributed by atoms with Gasteiger partial charge in [0.2, 0.25) is 0 Å². The molecule has 13 nitrogen and oxygen atoms in total. The highest BCUT2D eigenvalue weighted by molar-refractivity contribution is 6.01. The standard InChI is InChI=1S/C26H28N6O7/c1-15-12-38-26(35)32(15)10-17-6-16-4-3-5-31(24(16)29-19(17)11-33)25(34)30-23-7-20(18(8-27)9-28-23)39-22-14-37-13-21(22)36-2/h6-7,9,11,15,21-22H,3-5,10,12-14H2,1-2H3,(H,28,30,34)/t15-,21?,22-/m0/s1. The quantitative estimate of drug-likeness (QED) is 0.521. The van der Waals surface area contributed by atoms with E-state index in [-0.39, 0.29) is 41.5 Å². The monoisotopic (exact) mass is 536 g/mol. The number of methoxy groups -OCH3 is 1. The van der Waals surface area contributed by atoms with Gasteiger partial charge in [0.05, 0.1) is 32.0 Å². The van der Waals surface area contributed by atoms with E-state index in [0.29, 0.717) is 56.9 Å². The van der Waals surface area contributed by atoms with Crippen molar-refractivity contribution in [3.05, 3.63) is 40.7 Å². The number of nitrogens with one attached hydrogen (secondary N) is 1. The van der Waals surface area contributed by atoms with Gasteiger partial charge in [-0.3, -0.25) is 19.9 Å². The Labute approximate surface area is 224 Å². The number of aldehydes is 1. The van der Waals surface area contributed by atoms with Crippen molar-refractivity contribution in [3.63, 3.8) is 0 Å². The van der Waals surface area contributed by atoms with E-state index in [2.05, 4.69) is 15.3 Å². The van der Waals surface area contributed by atoms with Crippen molar-refractivity contribution in [2.75, 3.05) is 43.7 Å². The predicted octanol–water partition coefficient (Wildman–Crippen LogP) is 2.28. The molecular weight excluding hydrogens is 508 g/mol. The molecule has 0 bridgehead atoms. The number of aryl methyl sites for hydroxylation is 1. The van der Waals surface area contributed by atoms with Gasteiger partial charge in [-0.2, -0.15) is 5.26 Å². The van der Waals surface area contributed by atoms with Crippen molar-refractivity contribution in [3.8, 4) is 11.8 Å². The summed E-state index contributed by atoms with van der Waals surface area (Å²) in [7, 11) is 1.56. The minimum atomic E-state index is -0.494. The maximum atomic E-state index is 13.3. The number of rotatable bonds is 7. The van der Waals surface area contributed by atoms with Crippen molar-refractivity contribution >= 4 is 30.0 Å². The summed E-state index contributed by atoms with van der Waals surface area (Å²) in [5, 5.41) is 12.2. The molecule has 5 heterocycles. The maximum Gasteiger partial charge on any atom is 0.410 e. The minimum Gasteiger partial charge on any atom is -0.484 e. The number of cyclic esters (lactones) is 1. The van der Waals surface area contributed by atoms with Gasteiger partial charge in [0.1, 0.15) is 47.4 Å². The van der Waals surface area contributed by atoms with Crippen molar-refractivity contribution in [1.82, 2.24) is 14.9 Å². The Balaban J connectivity index is 1.36. The lowest BCUT2D eigenvalue weighted by Gasteiger charge is -2.29. The normalized spacial score (nSPS) is 22.2. The lowest BCUT2D eigenvalue weighted by Crippen LogP contribution is -2.40. The van der Waals surface area contributed by atoms with E-state index in [1.165, 1.54) is 17.2 Å². The molecule has 39 heavy (non-hydrogen) atoms. The molecule has 1 unspecified atom stereocenters. The number of hydrogen-bond acceptors (Lipinski definition) is 10. The van der Waals surface area contributed by atoms with Crippen LogP contribution in [0.4, 0.5) is 21.2 Å². The van der Waals surface area contributed by atoms with Gasteiger partial charge >= 0.3 is 12.1 Å². The molecule has 2 fully saturated rings. The SMILES string of the molecule is COC1COC[C@@H]1Oc1cc(NC(=O)N2CCCc3cc(CN4C(=O)OC[C@@H]4C)c(C=O)nc32)ncc1C#N. The lowest BCUT2D eigenvalue weighted by molar-refractivity contribution is 0.0325. The van der Waals surface area contributed by atoms with E-state index in [1.807, 2.05) is 19.1 Å². The molecule has 13 heteroatoms. The number of pyridine rings is 2. The number of nitriles is 1. The van der Waals surface area contributed by atoms with Gasteiger partial charge in [-0.15, -0.1) is 0 Å². The summed E-state index contributed by atoms with van der Waals surface area (Å²) in [6, 6.07) is 4.73. The van der Waals surface area contributed by atoms with E-state index >= 15 is 0 Å². The molecule has 0 aliphatic carbocycles. The van der Waals surface area contributed by atoms with Crippen LogP contribution in [-0.4, -0.2) is 85.0 Å². The zero-order chi connectivity index (χ0) is 27.5. The van der Waals surface area contributed by atoms with E-state index in [4.69, 9.17) is 18.9 Å². The van der Waals surface area contributed by atoms with Crippen LogP contribution in [0.2, 0.25) is 0 Å². The number of nitrogens with zero attached hydrogens (tertiary/aromatic N) is 5. The van der Waals surface area contributed by atoms with Gasteiger partial charge in [-0.05, 0) is 31.4 Å². The number of hydrogen-bond donors (Lipinski definition) is 1. The van der Waals surface area contributed by atoms with Crippen LogP contribution in [0.1, 0.15) is 40.5 Å². The van der Waals surface area contributed by atoms with Gasteiger partial charge in [0.15, 0.2) is 12.4 Å². The Hall–Kier alpha value is -4.28. The van der Waals surface area contributed by atoms with E-state index in [9.17, 15) is 19.6 Å². The summed E-state index contributed by atoms with van der Waals surface area (Å²) in [4.78, 5) is 49.0. The average molecular weight is 537 g/mol. The fourth-order valence-electron chi connectivity index (χ4n) is 4.80. The number of amides is 3. The number of urea groups is 1. The van der Waals surface area contributed by atoms with Crippen molar-refractivity contribution < 1.29 is 33.3 Å². The molecule has 3 amide bonds. The molecule has 3 aliphatic heterocycles.